The summed E-state index contributed by atoms with van der Waals surface area (Å²) in [4.78, 5) is 16.7. The number of nitrogens with zero attached hydrogens (tertiary/aromatic N) is 1. The molecule has 0 aliphatic heterocycles. The van der Waals surface area contributed by atoms with Crippen molar-refractivity contribution in [3.05, 3.63) is 66.2 Å². The van der Waals surface area contributed by atoms with E-state index in [9.17, 15) is 13.2 Å². The second kappa shape index (κ2) is 10.4. The Morgan fingerprint density at radius 3 is 2.65 bits per heavy atom. The van der Waals surface area contributed by atoms with Gasteiger partial charge in [0.05, 0.1) is 11.1 Å². The fourth-order valence-electron chi connectivity index (χ4n) is 2.93. The first-order valence-corrected chi connectivity index (χ1v) is 11.8. The van der Waals surface area contributed by atoms with Gasteiger partial charge in [-0.3, -0.25) is 4.79 Å². The van der Waals surface area contributed by atoms with Crippen molar-refractivity contribution in [1.82, 2.24) is 9.71 Å². The van der Waals surface area contributed by atoms with Crippen molar-refractivity contribution >= 4 is 21.6 Å². The van der Waals surface area contributed by atoms with Crippen LogP contribution in [0, 0.1) is 6.92 Å². The molecule has 0 unspecified atom stereocenters. The Hall–Kier alpha value is -2.97. The molecule has 1 aromatic heterocycles. The molecule has 7 nitrogen and oxygen atoms in total. The Morgan fingerprint density at radius 1 is 1.13 bits per heavy atom. The van der Waals surface area contributed by atoms with E-state index in [1.165, 1.54) is 12.1 Å². The topological polar surface area (TPSA) is 101 Å². The third-order valence-electron chi connectivity index (χ3n) is 4.71. The van der Waals surface area contributed by atoms with Gasteiger partial charge in [-0.1, -0.05) is 49.2 Å². The van der Waals surface area contributed by atoms with Gasteiger partial charge >= 0.3 is 0 Å². The van der Waals surface area contributed by atoms with Gasteiger partial charge < -0.3 is 9.73 Å². The molecule has 3 aromatic rings. The minimum atomic E-state index is -3.60. The molecule has 1 heterocycles. The van der Waals surface area contributed by atoms with Crippen LogP contribution in [0.1, 0.15) is 37.6 Å². The predicted molar refractivity (Wildman–Crippen MR) is 120 cm³/mol. The maximum Gasteiger partial charge on any atom is 0.240 e. The first-order valence-electron chi connectivity index (χ1n) is 10.3. The van der Waals surface area contributed by atoms with Crippen LogP contribution in [0.5, 0.6) is 0 Å². The average molecular weight is 442 g/mol. The van der Waals surface area contributed by atoms with Crippen LogP contribution in [0.3, 0.4) is 0 Å². The number of benzene rings is 2. The van der Waals surface area contributed by atoms with E-state index in [2.05, 4.69) is 15.0 Å². The molecular formula is C23H27N3O4S. The summed E-state index contributed by atoms with van der Waals surface area (Å²) >= 11 is 0. The number of carbonyl (C=O) groups is 1. The Balaban J connectivity index is 1.56. The number of aromatic nitrogens is 1. The van der Waals surface area contributed by atoms with Crippen molar-refractivity contribution < 1.29 is 17.6 Å². The first-order chi connectivity index (χ1) is 14.9. The van der Waals surface area contributed by atoms with Crippen LogP contribution < -0.4 is 10.0 Å². The number of hydrogen-bond donors (Lipinski definition) is 2. The smallest absolute Gasteiger partial charge is 0.240 e. The SMILES string of the molecule is CCCCNS(=O)(=O)c1cccc(NC(=O)CCc2ncc(-c3ccc(C)cc3)o2)c1. The van der Waals surface area contributed by atoms with Gasteiger partial charge in [0, 0.05) is 30.6 Å². The van der Waals surface area contributed by atoms with E-state index < -0.39 is 10.0 Å². The fourth-order valence-corrected chi connectivity index (χ4v) is 4.05. The molecule has 31 heavy (non-hydrogen) atoms. The molecule has 0 fully saturated rings. The van der Waals surface area contributed by atoms with Gasteiger partial charge in [-0.15, -0.1) is 0 Å². The number of nitrogens with one attached hydrogen (secondary N) is 2. The average Bonchev–Trinajstić information content (AvgIpc) is 3.22. The number of carbonyl (C=O) groups excluding carboxylic acids is 1. The summed E-state index contributed by atoms with van der Waals surface area (Å²) in [6.07, 6.45) is 3.82. The van der Waals surface area contributed by atoms with E-state index in [1.807, 2.05) is 38.1 Å². The van der Waals surface area contributed by atoms with Gasteiger partial charge in [0.2, 0.25) is 15.9 Å². The molecule has 0 bridgehead atoms. The van der Waals surface area contributed by atoms with E-state index in [0.29, 0.717) is 30.3 Å². The molecule has 0 spiro atoms. The number of rotatable bonds is 10. The lowest BCUT2D eigenvalue weighted by molar-refractivity contribution is -0.116. The highest BCUT2D eigenvalue weighted by Crippen LogP contribution is 2.21. The van der Waals surface area contributed by atoms with Crippen molar-refractivity contribution in [2.24, 2.45) is 0 Å². The molecule has 2 N–H and O–H groups in total. The van der Waals surface area contributed by atoms with Gasteiger partial charge in [-0.05, 0) is 31.5 Å². The molecule has 0 saturated heterocycles. The monoisotopic (exact) mass is 441 g/mol. The van der Waals surface area contributed by atoms with Crippen LogP contribution in [0.15, 0.2) is 64.0 Å². The molecule has 0 aliphatic carbocycles. The third kappa shape index (κ3) is 6.50. The summed E-state index contributed by atoms with van der Waals surface area (Å²) < 4.78 is 33.0. The number of oxazole rings is 1. The maximum absolute atomic E-state index is 12.3. The Bertz CT molecular complexity index is 1120. The van der Waals surface area contributed by atoms with Crippen molar-refractivity contribution in [1.29, 1.82) is 0 Å². The molecular weight excluding hydrogens is 414 g/mol. The summed E-state index contributed by atoms with van der Waals surface area (Å²) in [7, 11) is -3.60. The van der Waals surface area contributed by atoms with Crippen LogP contribution in [-0.4, -0.2) is 25.9 Å². The lowest BCUT2D eigenvalue weighted by atomic mass is 10.1. The molecule has 2 aromatic carbocycles. The molecule has 0 saturated carbocycles. The van der Waals surface area contributed by atoms with Gasteiger partial charge in [0.25, 0.3) is 0 Å². The van der Waals surface area contributed by atoms with E-state index in [0.717, 1.165) is 24.0 Å². The third-order valence-corrected chi connectivity index (χ3v) is 6.16. The van der Waals surface area contributed by atoms with Crippen LogP contribution in [0.2, 0.25) is 0 Å². The van der Waals surface area contributed by atoms with Gasteiger partial charge in [-0.25, -0.2) is 18.1 Å². The molecule has 3 rings (SSSR count). The second-order valence-electron chi connectivity index (χ2n) is 7.31. The summed E-state index contributed by atoms with van der Waals surface area (Å²) in [6.45, 7) is 4.39. The zero-order valence-corrected chi connectivity index (χ0v) is 18.5. The van der Waals surface area contributed by atoms with E-state index in [4.69, 9.17) is 4.42 Å². The molecule has 0 aliphatic rings. The van der Waals surface area contributed by atoms with Crippen LogP contribution in [-0.2, 0) is 21.2 Å². The number of amides is 1. The molecule has 0 atom stereocenters. The highest BCUT2D eigenvalue weighted by Gasteiger charge is 2.15. The summed E-state index contributed by atoms with van der Waals surface area (Å²) in [6, 6.07) is 14.1. The number of aryl methyl sites for hydroxylation is 2. The Morgan fingerprint density at radius 2 is 1.90 bits per heavy atom. The molecule has 0 radical (unpaired) electrons. The second-order valence-corrected chi connectivity index (χ2v) is 9.08. The van der Waals surface area contributed by atoms with Crippen LogP contribution in [0.4, 0.5) is 5.69 Å². The summed E-state index contributed by atoms with van der Waals surface area (Å²) in [5.74, 6) is 0.884. The van der Waals surface area contributed by atoms with Gasteiger partial charge in [0.15, 0.2) is 11.7 Å². The molecule has 1 amide bonds. The summed E-state index contributed by atoms with van der Waals surface area (Å²) in [5, 5.41) is 2.74. The molecule has 8 heteroatoms. The minimum Gasteiger partial charge on any atom is -0.441 e. The lowest BCUT2D eigenvalue weighted by Gasteiger charge is -2.09. The van der Waals surface area contributed by atoms with Crippen molar-refractivity contribution in [2.75, 3.05) is 11.9 Å². The van der Waals surface area contributed by atoms with Crippen molar-refractivity contribution in [3.63, 3.8) is 0 Å². The van der Waals surface area contributed by atoms with Crippen LogP contribution >= 0.6 is 0 Å². The first kappa shape index (κ1) is 22.7. The van der Waals surface area contributed by atoms with Crippen molar-refractivity contribution in [2.45, 2.75) is 44.4 Å². The lowest BCUT2D eigenvalue weighted by Crippen LogP contribution is -2.24. The highest BCUT2D eigenvalue weighted by atomic mass is 32.2. The normalized spacial score (nSPS) is 11.4. The fraction of sp³-hybridized carbons (Fsp3) is 0.304. The largest absolute Gasteiger partial charge is 0.441 e. The minimum absolute atomic E-state index is 0.122. The molecule has 164 valence electrons. The standard InChI is InChI=1S/C23H27N3O4S/c1-3-4-14-25-31(28,29)20-7-5-6-19(15-20)26-22(27)12-13-23-24-16-21(30-23)18-10-8-17(2)9-11-18/h5-11,15-16,25H,3-4,12-14H2,1-2H3,(H,26,27). The zero-order valence-electron chi connectivity index (χ0n) is 17.7. The Kier molecular flexibility index (Phi) is 7.59. The van der Waals surface area contributed by atoms with Gasteiger partial charge in [-0.2, -0.15) is 0 Å². The van der Waals surface area contributed by atoms with Gasteiger partial charge in [0.1, 0.15) is 0 Å². The number of hydrogen-bond acceptors (Lipinski definition) is 5. The quantitative estimate of drug-likeness (QED) is 0.457. The maximum atomic E-state index is 12.3. The van der Waals surface area contributed by atoms with E-state index in [-0.39, 0.29) is 17.2 Å². The summed E-state index contributed by atoms with van der Waals surface area (Å²) in [5.41, 5.74) is 2.52. The number of sulfonamides is 1. The van der Waals surface area contributed by atoms with E-state index in [1.54, 1.807) is 18.3 Å². The zero-order chi connectivity index (χ0) is 22.3. The number of anilines is 1. The van der Waals surface area contributed by atoms with E-state index >= 15 is 0 Å². The van der Waals surface area contributed by atoms with Crippen LogP contribution in [0.25, 0.3) is 11.3 Å². The number of unbranched alkanes of at least 4 members (excludes halogenated alkanes) is 1. The predicted octanol–water partition coefficient (Wildman–Crippen LogP) is 4.30. The van der Waals surface area contributed by atoms with Crippen molar-refractivity contribution in [3.8, 4) is 11.3 Å². The Labute approximate surface area is 183 Å². The highest BCUT2D eigenvalue weighted by molar-refractivity contribution is 7.89.